The summed E-state index contributed by atoms with van der Waals surface area (Å²) in [5, 5.41) is 9.28. The average Bonchev–Trinajstić information content (AvgIpc) is 2.60. The van der Waals surface area contributed by atoms with Crippen LogP contribution < -0.4 is 0 Å². The van der Waals surface area contributed by atoms with Crippen LogP contribution in [-0.4, -0.2) is 22.8 Å². The molecular weight excluding hydrogens is 324 g/mol. The molecule has 0 fully saturated rings. The number of carbonyl (C=O) groups is 1. The van der Waals surface area contributed by atoms with E-state index in [4.69, 9.17) is 9.73 Å². The molecule has 0 heterocycles. The molecule has 1 atom stereocenters. The van der Waals surface area contributed by atoms with Crippen molar-refractivity contribution in [2.45, 2.75) is 45.3 Å². The Hall–Kier alpha value is -2.93. The second-order valence-corrected chi connectivity index (χ2v) is 7.30. The fourth-order valence-electron chi connectivity index (χ4n) is 2.43. The Morgan fingerprint density at radius 3 is 1.81 bits per heavy atom. The fourth-order valence-corrected chi connectivity index (χ4v) is 2.43. The third-order valence-electron chi connectivity index (χ3n) is 3.71. The largest absolute Gasteiger partial charge is 0.458 e. The summed E-state index contributed by atoms with van der Waals surface area (Å²) in [6.45, 7) is 7.06. The second kappa shape index (κ2) is 7.97. The Morgan fingerprint density at radius 2 is 1.42 bits per heavy atom. The zero-order valence-electron chi connectivity index (χ0n) is 15.7. The van der Waals surface area contributed by atoms with Gasteiger partial charge in [-0.2, -0.15) is 5.26 Å². The van der Waals surface area contributed by atoms with Crippen molar-refractivity contribution >= 4 is 11.7 Å². The summed E-state index contributed by atoms with van der Waals surface area (Å²) >= 11 is 0. The summed E-state index contributed by atoms with van der Waals surface area (Å²) < 4.78 is 5.53. The van der Waals surface area contributed by atoms with E-state index in [0.717, 1.165) is 11.1 Å². The smallest absolute Gasteiger partial charge is 0.335 e. The molecule has 1 unspecified atom stereocenters. The lowest BCUT2D eigenvalue weighted by molar-refractivity contribution is -0.160. The van der Waals surface area contributed by atoms with Gasteiger partial charge >= 0.3 is 5.97 Å². The monoisotopic (exact) mass is 348 g/mol. The van der Waals surface area contributed by atoms with Gasteiger partial charge in [0, 0.05) is 11.1 Å². The minimum atomic E-state index is -1.29. The maximum absolute atomic E-state index is 12.8. The molecule has 0 spiro atoms. The van der Waals surface area contributed by atoms with Gasteiger partial charge in [-0.1, -0.05) is 60.7 Å². The molecule has 2 aromatic rings. The van der Waals surface area contributed by atoms with Crippen molar-refractivity contribution in [1.29, 1.82) is 5.26 Å². The lowest BCUT2D eigenvalue weighted by Crippen LogP contribution is -2.40. The molecule has 0 aromatic heterocycles. The molecule has 0 saturated carbocycles. The van der Waals surface area contributed by atoms with E-state index in [2.05, 4.69) is 6.07 Å². The van der Waals surface area contributed by atoms with E-state index < -0.39 is 17.1 Å². The van der Waals surface area contributed by atoms with Gasteiger partial charge in [-0.25, -0.2) is 4.79 Å². The van der Waals surface area contributed by atoms with E-state index in [1.54, 1.807) is 27.7 Å². The van der Waals surface area contributed by atoms with Gasteiger partial charge in [0.1, 0.15) is 5.60 Å². The first-order chi connectivity index (χ1) is 12.2. The van der Waals surface area contributed by atoms with Gasteiger partial charge in [-0.15, -0.1) is 0 Å². The third kappa shape index (κ3) is 5.03. The van der Waals surface area contributed by atoms with Crippen molar-refractivity contribution in [3.05, 3.63) is 71.8 Å². The molecule has 0 saturated heterocycles. The van der Waals surface area contributed by atoms with Crippen molar-refractivity contribution < 1.29 is 9.53 Å². The first-order valence-corrected chi connectivity index (χ1v) is 8.56. The summed E-state index contributed by atoms with van der Waals surface area (Å²) in [5.41, 5.74) is 0.485. The van der Waals surface area contributed by atoms with E-state index in [9.17, 15) is 10.1 Å². The van der Waals surface area contributed by atoms with Crippen LogP contribution in [0.4, 0.5) is 0 Å². The Bertz CT molecular complexity index is 773. The minimum absolute atomic E-state index is 0.0644. The van der Waals surface area contributed by atoms with Crippen LogP contribution in [0, 0.1) is 11.3 Å². The molecule has 2 aromatic carbocycles. The van der Waals surface area contributed by atoms with Crippen LogP contribution in [0.3, 0.4) is 0 Å². The number of aliphatic imine (C=N–C) groups is 1. The van der Waals surface area contributed by atoms with Gasteiger partial charge in [0.2, 0.25) is 0 Å². The normalized spacial score (nSPS) is 13.2. The van der Waals surface area contributed by atoms with Gasteiger partial charge < -0.3 is 4.74 Å². The molecule has 0 N–H and O–H groups in total. The molecule has 134 valence electrons. The van der Waals surface area contributed by atoms with Crippen molar-refractivity contribution in [2.24, 2.45) is 4.99 Å². The number of ether oxygens (including phenoxy) is 1. The predicted octanol–water partition coefficient (Wildman–Crippen LogP) is 4.54. The van der Waals surface area contributed by atoms with Gasteiger partial charge in [0.25, 0.3) is 0 Å². The van der Waals surface area contributed by atoms with Crippen LogP contribution in [0.2, 0.25) is 0 Å². The van der Waals surface area contributed by atoms with Gasteiger partial charge in [-0.05, 0) is 27.7 Å². The van der Waals surface area contributed by atoms with Crippen LogP contribution >= 0.6 is 0 Å². The van der Waals surface area contributed by atoms with Gasteiger partial charge in [0.15, 0.2) is 5.54 Å². The number of rotatable bonds is 5. The topological polar surface area (TPSA) is 62.5 Å². The summed E-state index contributed by atoms with van der Waals surface area (Å²) in [6.07, 6.45) is -0.0644. The SMILES string of the molecule is CC(C)(C)OC(=O)C(C)(CC#N)N=C(c1ccccc1)c1ccccc1. The quantitative estimate of drug-likeness (QED) is 0.589. The Kier molecular flexibility index (Phi) is 5.94. The first kappa shape index (κ1) is 19.4. The highest BCUT2D eigenvalue weighted by molar-refractivity contribution is 6.13. The molecule has 0 aliphatic carbocycles. The highest BCUT2D eigenvalue weighted by Gasteiger charge is 2.37. The summed E-state index contributed by atoms with van der Waals surface area (Å²) in [6, 6.07) is 21.4. The molecule has 4 nitrogen and oxygen atoms in total. The van der Waals surface area contributed by atoms with E-state index in [1.165, 1.54) is 0 Å². The molecule has 0 bridgehead atoms. The van der Waals surface area contributed by atoms with E-state index in [0.29, 0.717) is 5.71 Å². The zero-order valence-corrected chi connectivity index (χ0v) is 15.7. The van der Waals surface area contributed by atoms with Gasteiger partial charge in [0.05, 0.1) is 18.2 Å². The van der Waals surface area contributed by atoms with Gasteiger partial charge in [-0.3, -0.25) is 4.99 Å². The van der Waals surface area contributed by atoms with Crippen LogP contribution in [0.5, 0.6) is 0 Å². The van der Waals surface area contributed by atoms with Crippen LogP contribution in [0.1, 0.15) is 45.2 Å². The average molecular weight is 348 g/mol. The molecule has 4 heteroatoms. The molecule has 2 rings (SSSR count). The number of nitrogens with zero attached hydrogens (tertiary/aromatic N) is 2. The number of carbonyl (C=O) groups excluding carboxylic acids is 1. The van der Waals surface area contributed by atoms with E-state index >= 15 is 0 Å². The number of hydrogen-bond donors (Lipinski definition) is 0. The first-order valence-electron chi connectivity index (χ1n) is 8.56. The Labute approximate surface area is 155 Å². The van der Waals surface area contributed by atoms with E-state index in [1.807, 2.05) is 60.7 Å². The molecule has 0 aliphatic rings. The van der Waals surface area contributed by atoms with Crippen LogP contribution in [-0.2, 0) is 9.53 Å². The molecule has 0 radical (unpaired) electrons. The second-order valence-electron chi connectivity index (χ2n) is 7.30. The molecular formula is C22H24N2O2. The molecule has 0 amide bonds. The summed E-state index contributed by atoms with van der Waals surface area (Å²) in [5.74, 6) is -0.504. The predicted molar refractivity (Wildman–Crippen MR) is 103 cm³/mol. The number of esters is 1. The maximum Gasteiger partial charge on any atom is 0.335 e. The highest BCUT2D eigenvalue weighted by atomic mass is 16.6. The van der Waals surface area contributed by atoms with Crippen molar-refractivity contribution in [3.63, 3.8) is 0 Å². The maximum atomic E-state index is 12.8. The van der Waals surface area contributed by atoms with Crippen molar-refractivity contribution in [2.75, 3.05) is 0 Å². The third-order valence-corrected chi connectivity index (χ3v) is 3.71. The van der Waals surface area contributed by atoms with Crippen LogP contribution in [0.15, 0.2) is 65.7 Å². The lowest BCUT2D eigenvalue weighted by atomic mass is 9.96. The summed E-state index contributed by atoms with van der Waals surface area (Å²) in [4.78, 5) is 17.5. The molecule has 0 aliphatic heterocycles. The van der Waals surface area contributed by atoms with E-state index in [-0.39, 0.29) is 6.42 Å². The van der Waals surface area contributed by atoms with Crippen molar-refractivity contribution in [3.8, 4) is 6.07 Å². The Morgan fingerprint density at radius 1 is 0.962 bits per heavy atom. The minimum Gasteiger partial charge on any atom is -0.458 e. The molecule has 26 heavy (non-hydrogen) atoms. The van der Waals surface area contributed by atoms with Crippen LogP contribution in [0.25, 0.3) is 0 Å². The standard InChI is InChI=1S/C22H24N2O2/c1-21(2,3)26-20(25)22(4,15-16-23)24-19(17-11-7-5-8-12-17)18-13-9-6-10-14-18/h5-14H,15H2,1-4H3. The zero-order chi connectivity index (χ0) is 19.2. The van der Waals surface area contributed by atoms with Crippen molar-refractivity contribution in [1.82, 2.24) is 0 Å². The number of benzene rings is 2. The summed E-state index contributed by atoms with van der Waals surface area (Å²) in [7, 11) is 0. The highest BCUT2D eigenvalue weighted by Crippen LogP contribution is 2.24. The number of hydrogen-bond acceptors (Lipinski definition) is 4. The fraction of sp³-hybridized carbons (Fsp3) is 0.318. The lowest BCUT2D eigenvalue weighted by Gasteiger charge is -2.28. The number of nitriles is 1. The Balaban J connectivity index is 2.58.